The number of fused-ring (bicyclic) bond motifs is 1. The first-order chi connectivity index (χ1) is 9.78. The Bertz CT molecular complexity index is 569. The third-order valence-corrected chi connectivity index (χ3v) is 3.86. The molecule has 0 unspecified atom stereocenters. The zero-order valence-electron chi connectivity index (χ0n) is 13.2. The molecule has 2 nitrogen and oxygen atoms in total. The van der Waals surface area contributed by atoms with Gasteiger partial charge < -0.3 is 4.90 Å². The molecule has 0 N–H and O–H groups in total. The Morgan fingerprint density at radius 1 is 1.10 bits per heavy atom. The van der Waals surface area contributed by atoms with Crippen LogP contribution in [0.15, 0.2) is 24.3 Å². The minimum Gasteiger partial charge on any atom is -0.372 e. The maximum atomic E-state index is 4.63. The van der Waals surface area contributed by atoms with Crippen LogP contribution >= 0.6 is 0 Å². The summed E-state index contributed by atoms with van der Waals surface area (Å²) in [7, 11) is 0. The largest absolute Gasteiger partial charge is 0.372 e. The van der Waals surface area contributed by atoms with E-state index in [1.165, 1.54) is 42.6 Å². The molecule has 0 bridgehead atoms. The van der Waals surface area contributed by atoms with Crippen molar-refractivity contribution in [3.63, 3.8) is 0 Å². The topological polar surface area (TPSA) is 16.1 Å². The van der Waals surface area contributed by atoms with Crippen LogP contribution in [0.5, 0.6) is 0 Å². The molecule has 1 aromatic heterocycles. The number of anilines is 1. The molecule has 1 aromatic carbocycles. The highest BCUT2D eigenvalue weighted by Crippen LogP contribution is 2.27. The van der Waals surface area contributed by atoms with Crippen molar-refractivity contribution in [3.05, 3.63) is 35.5 Å². The van der Waals surface area contributed by atoms with Crippen molar-refractivity contribution in [2.24, 2.45) is 0 Å². The molecule has 0 saturated carbocycles. The summed E-state index contributed by atoms with van der Waals surface area (Å²) in [5.41, 5.74) is 5.03. The van der Waals surface area contributed by atoms with Gasteiger partial charge >= 0.3 is 0 Å². The molecule has 0 aliphatic carbocycles. The van der Waals surface area contributed by atoms with Gasteiger partial charge in [-0.2, -0.15) is 0 Å². The second-order valence-corrected chi connectivity index (χ2v) is 5.17. The fourth-order valence-electron chi connectivity index (χ4n) is 2.90. The minimum atomic E-state index is 1.07. The molecule has 3 rings (SSSR count). The highest BCUT2D eigenvalue weighted by molar-refractivity contribution is 5.86. The van der Waals surface area contributed by atoms with Gasteiger partial charge in [0.2, 0.25) is 0 Å². The van der Waals surface area contributed by atoms with Crippen molar-refractivity contribution < 1.29 is 0 Å². The van der Waals surface area contributed by atoms with Crippen LogP contribution in [-0.4, -0.2) is 18.1 Å². The molecule has 1 aliphatic heterocycles. The number of nitrogens with zero attached hydrogens (tertiary/aromatic N) is 2. The molecule has 1 aliphatic rings. The Balaban J connectivity index is 0.000000704. The average Bonchev–Trinajstić information content (AvgIpc) is 3.02. The van der Waals surface area contributed by atoms with E-state index in [4.69, 9.17) is 0 Å². The van der Waals surface area contributed by atoms with Crippen molar-refractivity contribution in [2.45, 2.75) is 47.0 Å². The first kappa shape index (κ1) is 14.8. The summed E-state index contributed by atoms with van der Waals surface area (Å²) in [6.45, 7) is 10.7. The number of pyridine rings is 1. The number of aryl methyl sites for hydroxylation is 2. The Morgan fingerprint density at radius 3 is 2.45 bits per heavy atom. The number of hydrogen-bond donors (Lipinski definition) is 0. The number of aromatic nitrogens is 1. The van der Waals surface area contributed by atoms with Gasteiger partial charge in [-0.1, -0.05) is 20.8 Å². The Morgan fingerprint density at radius 2 is 1.80 bits per heavy atom. The smallest absolute Gasteiger partial charge is 0.0709 e. The molecule has 0 amide bonds. The maximum Gasteiger partial charge on any atom is 0.0709 e. The maximum absolute atomic E-state index is 4.63. The zero-order valence-corrected chi connectivity index (χ0v) is 13.2. The predicted octanol–water partition coefficient (Wildman–Crippen LogP) is 4.73. The summed E-state index contributed by atoms with van der Waals surface area (Å²) in [4.78, 5) is 7.12. The van der Waals surface area contributed by atoms with E-state index < -0.39 is 0 Å². The van der Waals surface area contributed by atoms with Gasteiger partial charge in [0.1, 0.15) is 0 Å². The standard InChI is InChI=1S/C16H20N2.C2H6/c1-3-13-10-12(2)17-16-7-6-14(11-15(13)16)18-8-4-5-9-18;1-2/h6-7,10-11H,3-5,8-9H2,1-2H3;1-2H3. The van der Waals surface area contributed by atoms with Gasteiger partial charge in [-0.25, -0.2) is 0 Å². The molecule has 2 aromatic rings. The van der Waals surface area contributed by atoms with Gasteiger partial charge in [-0.3, -0.25) is 4.98 Å². The highest BCUT2D eigenvalue weighted by Gasteiger charge is 2.13. The fraction of sp³-hybridized carbons (Fsp3) is 0.500. The summed E-state index contributed by atoms with van der Waals surface area (Å²) < 4.78 is 0. The van der Waals surface area contributed by atoms with E-state index >= 15 is 0 Å². The van der Waals surface area contributed by atoms with Crippen LogP contribution in [0, 0.1) is 6.92 Å². The van der Waals surface area contributed by atoms with E-state index in [1.807, 2.05) is 13.8 Å². The van der Waals surface area contributed by atoms with Crippen molar-refractivity contribution in [2.75, 3.05) is 18.0 Å². The third-order valence-electron chi connectivity index (χ3n) is 3.86. The second-order valence-electron chi connectivity index (χ2n) is 5.17. The molecule has 0 radical (unpaired) electrons. The molecule has 0 atom stereocenters. The van der Waals surface area contributed by atoms with Crippen molar-refractivity contribution in [1.29, 1.82) is 0 Å². The molecule has 1 saturated heterocycles. The molecule has 1 fully saturated rings. The molecule has 2 heterocycles. The lowest BCUT2D eigenvalue weighted by atomic mass is 10.0. The van der Waals surface area contributed by atoms with E-state index in [0.29, 0.717) is 0 Å². The van der Waals surface area contributed by atoms with Crippen molar-refractivity contribution >= 4 is 16.6 Å². The first-order valence-electron chi connectivity index (χ1n) is 7.93. The van der Waals surface area contributed by atoms with Gasteiger partial charge in [-0.15, -0.1) is 0 Å². The molecule has 0 spiro atoms. The SMILES string of the molecule is CC.CCc1cc(C)nc2ccc(N3CCCC3)cc12. The summed E-state index contributed by atoms with van der Waals surface area (Å²) in [5.74, 6) is 0. The van der Waals surface area contributed by atoms with Gasteiger partial charge in [0, 0.05) is 29.9 Å². The van der Waals surface area contributed by atoms with Crippen molar-refractivity contribution in [3.8, 4) is 0 Å². The molecule has 20 heavy (non-hydrogen) atoms. The summed E-state index contributed by atoms with van der Waals surface area (Å²) >= 11 is 0. The number of hydrogen-bond acceptors (Lipinski definition) is 2. The van der Waals surface area contributed by atoms with E-state index in [-0.39, 0.29) is 0 Å². The van der Waals surface area contributed by atoms with Crippen LogP contribution in [0.1, 0.15) is 44.9 Å². The zero-order chi connectivity index (χ0) is 14.5. The summed E-state index contributed by atoms with van der Waals surface area (Å²) in [6, 6.07) is 8.94. The van der Waals surface area contributed by atoms with Crippen LogP contribution in [0.4, 0.5) is 5.69 Å². The van der Waals surface area contributed by atoms with E-state index in [1.54, 1.807) is 0 Å². The van der Waals surface area contributed by atoms with Crippen LogP contribution < -0.4 is 4.90 Å². The monoisotopic (exact) mass is 270 g/mol. The Kier molecular flexibility index (Phi) is 4.99. The average molecular weight is 270 g/mol. The lowest BCUT2D eigenvalue weighted by Gasteiger charge is -2.18. The molecule has 108 valence electrons. The van der Waals surface area contributed by atoms with Gasteiger partial charge in [-0.05, 0) is 56.0 Å². The third kappa shape index (κ3) is 2.95. The Hall–Kier alpha value is -1.57. The van der Waals surface area contributed by atoms with E-state index in [0.717, 1.165) is 17.6 Å². The van der Waals surface area contributed by atoms with Gasteiger partial charge in [0.05, 0.1) is 5.52 Å². The van der Waals surface area contributed by atoms with E-state index in [2.05, 4.69) is 48.0 Å². The quantitative estimate of drug-likeness (QED) is 0.784. The Labute approximate surface area is 122 Å². The van der Waals surface area contributed by atoms with Crippen LogP contribution in [0.25, 0.3) is 10.9 Å². The second kappa shape index (κ2) is 6.74. The predicted molar refractivity (Wildman–Crippen MR) is 88.7 cm³/mol. The van der Waals surface area contributed by atoms with Gasteiger partial charge in [0.15, 0.2) is 0 Å². The molecular formula is C18H26N2. The minimum absolute atomic E-state index is 1.07. The molecule has 2 heteroatoms. The van der Waals surface area contributed by atoms with Crippen LogP contribution in [-0.2, 0) is 6.42 Å². The van der Waals surface area contributed by atoms with E-state index in [9.17, 15) is 0 Å². The van der Waals surface area contributed by atoms with Crippen LogP contribution in [0.3, 0.4) is 0 Å². The lowest BCUT2D eigenvalue weighted by Crippen LogP contribution is -2.17. The summed E-state index contributed by atoms with van der Waals surface area (Å²) in [6.07, 6.45) is 3.72. The number of benzene rings is 1. The molecular weight excluding hydrogens is 244 g/mol. The van der Waals surface area contributed by atoms with Crippen LogP contribution in [0.2, 0.25) is 0 Å². The first-order valence-corrected chi connectivity index (χ1v) is 7.93. The highest BCUT2D eigenvalue weighted by atomic mass is 15.1. The normalized spacial score (nSPS) is 14.3. The fourth-order valence-corrected chi connectivity index (χ4v) is 2.90. The van der Waals surface area contributed by atoms with Crippen molar-refractivity contribution in [1.82, 2.24) is 4.98 Å². The summed E-state index contributed by atoms with van der Waals surface area (Å²) in [5, 5.41) is 1.33. The number of rotatable bonds is 2. The van der Waals surface area contributed by atoms with Gasteiger partial charge in [0.25, 0.3) is 0 Å². The lowest BCUT2D eigenvalue weighted by molar-refractivity contribution is 0.949.